The van der Waals surface area contributed by atoms with E-state index < -0.39 is 0 Å². The maximum Gasteiger partial charge on any atom is 0.293 e. The van der Waals surface area contributed by atoms with Crippen LogP contribution in [0.5, 0.6) is 5.88 Å². The molecule has 7 nitrogen and oxygen atoms in total. The molecule has 3 amide bonds. The van der Waals surface area contributed by atoms with Gasteiger partial charge in [-0.15, -0.1) is 0 Å². The second-order valence-electron chi connectivity index (χ2n) is 5.82. The molecule has 28 heavy (non-hydrogen) atoms. The molecule has 1 fully saturated rings. The molecule has 3 rings (SSSR count). The number of pyridine rings is 1. The van der Waals surface area contributed by atoms with Crippen molar-refractivity contribution in [2.24, 2.45) is 0 Å². The molecule has 1 aromatic heterocycles. The molecule has 0 radical (unpaired) electrons. The third-order valence-corrected chi connectivity index (χ3v) is 4.79. The zero-order valence-electron chi connectivity index (χ0n) is 15.3. The van der Waals surface area contributed by atoms with Crippen LogP contribution >= 0.6 is 11.8 Å². The second-order valence-corrected chi connectivity index (χ2v) is 6.81. The fourth-order valence-corrected chi connectivity index (χ4v) is 3.39. The van der Waals surface area contributed by atoms with Crippen LogP contribution in [-0.4, -0.2) is 46.6 Å². The molecule has 0 saturated carbocycles. The average Bonchev–Trinajstić information content (AvgIpc) is 2.97. The standard InChI is InChI=1S/C20H19N3O4S/c1-2-27-17-9-8-15(13-22-17)18(24)21-10-11-23-19(25)16(28-20(23)26)12-14-6-4-3-5-7-14/h3-9,12-13H,2,10-11H2,1H3,(H,21,24)/b16-12+. The molecule has 1 aromatic carbocycles. The third-order valence-electron chi connectivity index (χ3n) is 3.88. The SMILES string of the molecule is CCOc1ccc(C(=O)NCCN2C(=O)S/C(=C/c3ccccc3)C2=O)cn1. The van der Waals surface area contributed by atoms with E-state index >= 15 is 0 Å². The lowest BCUT2D eigenvalue weighted by molar-refractivity contribution is -0.122. The van der Waals surface area contributed by atoms with E-state index in [0.717, 1.165) is 22.2 Å². The van der Waals surface area contributed by atoms with Gasteiger partial charge in [0.25, 0.3) is 17.1 Å². The quantitative estimate of drug-likeness (QED) is 0.723. The first-order valence-electron chi connectivity index (χ1n) is 8.76. The number of aromatic nitrogens is 1. The smallest absolute Gasteiger partial charge is 0.293 e. The Morgan fingerprint density at radius 1 is 1.21 bits per heavy atom. The lowest BCUT2D eigenvalue weighted by atomic mass is 10.2. The largest absolute Gasteiger partial charge is 0.478 e. The van der Waals surface area contributed by atoms with E-state index in [4.69, 9.17) is 4.74 Å². The van der Waals surface area contributed by atoms with E-state index in [2.05, 4.69) is 10.3 Å². The number of nitrogens with zero attached hydrogens (tertiary/aromatic N) is 2. The average molecular weight is 397 g/mol. The van der Waals surface area contributed by atoms with Crippen molar-refractivity contribution >= 4 is 34.9 Å². The van der Waals surface area contributed by atoms with Gasteiger partial charge >= 0.3 is 0 Å². The third kappa shape index (κ3) is 4.77. The van der Waals surface area contributed by atoms with Gasteiger partial charge in [0.2, 0.25) is 5.88 Å². The van der Waals surface area contributed by atoms with Crippen molar-refractivity contribution < 1.29 is 19.1 Å². The zero-order chi connectivity index (χ0) is 19.9. The summed E-state index contributed by atoms with van der Waals surface area (Å²) in [5.74, 6) is -0.236. The molecule has 0 atom stereocenters. The Balaban J connectivity index is 1.54. The second kappa shape index (κ2) is 9.18. The molecule has 0 spiro atoms. The normalized spacial score (nSPS) is 15.2. The maximum atomic E-state index is 12.4. The Hall–Kier alpha value is -3.13. The predicted molar refractivity (Wildman–Crippen MR) is 107 cm³/mol. The number of imide groups is 1. The summed E-state index contributed by atoms with van der Waals surface area (Å²) in [5.41, 5.74) is 1.23. The summed E-state index contributed by atoms with van der Waals surface area (Å²) in [6, 6.07) is 12.5. The molecule has 8 heteroatoms. The minimum Gasteiger partial charge on any atom is -0.478 e. The van der Waals surface area contributed by atoms with Crippen molar-refractivity contribution in [2.45, 2.75) is 6.92 Å². The van der Waals surface area contributed by atoms with Crippen LogP contribution in [0.3, 0.4) is 0 Å². The number of carbonyl (C=O) groups excluding carboxylic acids is 3. The van der Waals surface area contributed by atoms with Gasteiger partial charge in [0.05, 0.1) is 17.1 Å². The lowest BCUT2D eigenvalue weighted by Gasteiger charge is -2.13. The van der Waals surface area contributed by atoms with E-state index in [1.165, 1.54) is 6.20 Å². The first-order valence-corrected chi connectivity index (χ1v) is 9.57. The molecule has 0 aliphatic carbocycles. The van der Waals surface area contributed by atoms with Crippen LogP contribution in [0.4, 0.5) is 4.79 Å². The van der Waals surface area contributed by atoms with Crippen molar-refractivity contribution in [1.82, 2.24) is 15.2 Å². The first-order chi connectivity index (χ1) is 13.6. The molecule has 2 aromatic rings. The Morgan fingerprint density at radius 3 is 2.68 bits per heavy atom. The van der Waals surface area contributed by atoms with Crippen LogP contribution in [0.15, 0.2) is 53.6 Å². The highest BCUT2D eigenvalue weighted by molar-refractivity contribution is 8.18. The Morgan fingerprint density at radius 2 is 2.00 bits per heavy atom. The van der Waals surface area contributed by atoms with Gasteiger partial charge in [-0.2, -0.15) is 0 Å². The van der Waals surface area contributed by atoms with Crippen molar-refractivity contribution in [3.8, 4) is 5.88 Å². The highest BCUT2D eigenvalue weighted by Crippen LogP contribution is 2.31. The van der Waals surface area contributed by atoms with Gasteiger partial charge in [0.15, 0.2) is 0 Å². The zero-order valence-corrected chi connectivity index (χ0v) is 16.1. The summed E-state index contributed by atoms with van der Waals surface area (Å²) in [4.78, 5) is 42.3. The van der Waals surface area contributed by atoms with Crippen LogP contribution < -0.4 is 10.1 Å². The Bertz CT molecular complexity index is 897. The molecule has 2 heterocycles. The molecule has 1 saturated heterocycles. The summed E-state index contributed by atoms with van der Waals surface area (Å²) in [6.45, 7) is 2.60. The molecule has 1 aliphatic heterocycles. The van der Waals surface area contributed by atoms with Gasteiger partial charge in [0.1, 0.15) is 0 Å². The van der Waals surface area contributed by atoms with Crippen molar-refractivity contribution in [3.05, 3.63) is 64.7 Å². The van der Waals surface area contributed by atoms with Crippen molar-refractivity contribution in [1.29, 1.82) is 0 Å². The number of thioether (sulfide) groups is 1. The monoisotopic (exact) mass is 397 g/mol. The maximum absolute atomic E-state index is 12.4. The van der Waals surface area contributed by atoms with Gasteiger partial charge < -0.3 is 10.1 Å². The van der Waals surface area contributed by atoms with Crippen LogP contribution in [0, 0.1) is 0 Å². The van der Waals surface area contributed by atoms with Gasteiger partial charge in [-0.3, -0.25) is 19.3 Å². The summed E-state index contributed by atoms with van der Waals surface area (Å²) < 4.78 is 5.23. The van der Waals surface area contributed by atoms with Crippen LogP contribution in [0.25, 0.3) is 6.08 Å². The number of rotatable bonds is 7. The fraction of sp³-hybridized carbons (Fsp3) is 0.200. The van der Waals surface area contributed by atoms with Crippen LogP contribution in [-0.2, 0) is 4.79 Å². The van der Waals surface area contributed by atoms with E-state index in [1.807, 2.05) is 37.3 Å². The van der Waals surface area contributed by atoms with Gasteiger partial charge in [-0.1, -0.05) is 30.3 Å². The number of ether oxygens (including phenoxy) is 1. The summed E-state index contributed by atoms with van der Waals surface area (Å²) in [7, 11) is 0. The summed E-state index contributed by atoms with van der Waals surface area (Å²) in [5, 5.41) is 2.34. The van der Waals surface area contributed by atoms with Gasteiger partial charge in [-0.25, -0.2) is 4.98 Å². The molecule has 0 unspecified atom stereocenters. The fourth-order valence-electron chi connectivity index (χ4n) is 2.52. The number of benzene rings is 1. The van der Waals surface area contributed by atoms with Gasteiger partial charge in [0, 0.05) is 25.4 Å². The van der Waals surface area contributed by atoms with E-state index in [9.17, 15) is 14.4 Å². The molecule has 1 N–H and O–H groups in total. The predicted octanol–water partition coefficient (Wildman–Crippen LogP) is 2.95. The molecular weight excluding hydrogens is 378 g/mol. The van der Waals surface area contributed by atoms with E-state index in [-0.39, 0.29) is 30.1 Å². The summed E-state index contributed by atoms with van der Waals surface area (Å²) >= 11 is 0.900. The van der Waals surface area contributed by atoms with Crippen molar-refractivity contribution in [2.75, 3.05) is 19.7 Å². The highest BCUT2D eigenvalue weighted by Gasteiger charge is 2.34. The van der Waals surface area contributed by atoms with Crippen LogP contribution in [0.1, 0.15) is 22.8 Å². The minimum atomic E-state index is -0.351. The number of amides is 3. The Labute approximate surface area is 166 Å². The van der Waals surface area contributed by atoms with Crippen molar-refractivity contribution in [3.63, 3.8) is 0 Å². The molecule has 1 aliphatic rings. The summed E-state index contributed by atoms with van der Waals surface area (Å²) in [6.07, 6.45) is 3.11. The number of hydrogen-bond acceptors (Lipinski definition) is 6. The topological polar surface area (TPSA) is 88.6 Å². The highest BCUT2D eigenvalue weighted by atomic mass is 32.2. The lowest BCUT2D eigenvalue weighted by Crippen LogP contribution is -2.37. The number of nitrogens with one attached hydrogen (secondary N) is 1. The Kier molecular flexibility index (Phi) is 6.44. The molecule has 144 valence electrons. The molecule has 0 bridgehead atoms. The molecular formula is C20H19N3O4S. The number of carbonyl (C=O) groups is 3. The van der Waals surface area contributed by atoms with Crippen LogP contribution in [0.2, 0.25) is 0 Å². The first kappa shape index (κ1) is 19.6. The minimum absolute atomic E-state index is 0.104. The van der Waals surface area contributed by atoms with Gasteiger partial charge in [-0.05, 0) is 36.4 Å². The van der Waals surface area contributed by atoms with E-state index in [1.54, 1.807) is 18.2 Å². The van der Waals surface area contributed by atoms with E-state index in [0.29, 0.717) is 23.0 Å². The number of hydrogen-bond donors (Lipinski definition) is 1.